The van der Waals surface area contributed by atoms with Crippen LogP contribution in [0.5, 0.6) is 0 Å². The molecule has 0 aromatic heterocycles. The largest absolute Gasteiger partial charge is 0.325 e. The molecule has 1 spiro atoms. The van der Waals surface area contributed by atoms with Crippen molar-refractivity contribution in [3.8, 4) is 0 Å². The Kier molecular flexibility index (Phi) is 2.98. The van der Waals surface area contributed by atoms with Gasteiger partial charge in [-0.3, -0.25) is 9.59 Å². The van der Waals surface area contributed by atoms with Crippen molar-refractivity contribution in [2.75, 3.05) is 5.32 Å². The quantitative estimate of drug-likeness (QED) is 0.919. The molecule has 2 aromatic rings. The summed E-state index contributed by atoms with van der Waals surface area (Å²) in [6.45, 7) is 1.98. The molecule has 1 amide bonds. The molecule has 1 unspecified atom stereocenters. The Morgan fingerprint density at radius 1 is 1.00 bits per heavy atom. The van der Waals surface area contributed by atoms with Crippen molar-refractivity contribution in [1.29, 1.82) is 0 Å². The lowest BCUT2D eigenvalue weighted by Gasteiger charge is -2.25. The third-order valence-corrected chi connectivity index (χ3v) is 4.93. The van der Waals surface area contributed by atoms with Crippen LogP contribution in [0.4, 0.5) is 5.69 Å². The minimum atomic E-state index is -0.875. The van der Waals surface area contributed by atoms with Crippen molar-refractivity contribution < 1.29 is 9.59 Å². The number of rotatable bonds is 2. The number of nitrogens with one attached hydrogen (secondary N) is 1. The maximum Gasteiger partial charge on any atom is 0.240 e. The van der Waals surface area contributed by atoms with E-state index in [-0.39, 0.29) is 18.1 Å². The minimum Gasteiger partial charge on any atom is -0.325 e. The zero-order valence-corrected chi connectivity index (χ0v) is 12.9. The fraction of sp³-hybridized carbons (Fsp3) is 0.200. The lowest BCUT2D eigenvalue weighted by atomic mass is 9.73. The first-order valence-electron chi connectivity index (χ1n) is 7.91. The van der Waals surface area contributed by atoms with E-state index in [9.17, 15) is 9.59 Å². The third-order valence-electron chi connectivity index (χ3n) is 4.93. The number of carbonyl (C=O) groups excluding carboxylic acids is 2. The van der Waals surface area contributed by atoms with E-state index >= 15 is 0 Å². The van der Waals surface area contributed by atoms with Crippen LogP contribution in [-0.4, -0.2) is 11.7 Å². The van der Waals surface area contributed by atoms with Gasteiger partial charge in [0.1, 0.15) is 5.41 Å². The van der Waals surface area contributed by atoms with Crippen molar-refractivity contribution in [3.05, 3.63) is 71.3 Å². The number of ketones is 1. The Bertz CT molecular complexity index is 851. The van der Waals surface area contributed by atoms with Crippen LogP contribution in [0.15, 0.2) is 60.2 Å². The van der Waals surface area contributed by atoms with Crippen LogP contribution in [0.2, 0.25) is 0 Å². The Morgan fingerprint density at radius 3 is 2.43 bits per heavy atom. The number of fused-ring (bicyclic) bond motifs is 2. The standard InChI is InChI=1S/C20H17NO2/c1-2-14-17(22)12-20(18(14)13-8-4-3-5-9-13)15-10-6-7-11-16(15)21-19(20)23/h3-11H,2,12H2,1H3,(H,21,23). The van der Waals surface area contributed by atoms with Crippen molar-refractivity contribution in [3.63, 3.8) is 0 Å². The summed E-state index contributed by atoms with van der Waals surface area (Å²) in [6, 6.07) is 17.5. The van der Waals surface area contributed by atoms with E-state index in [0.717, 1.165) is 28.0 Å². The summed E-state index contributed by atoms with van der Waals surface area (Å²) in [5.74, 6) is -0.00689. The number of Topliss-reactive ketones (excluding diaryl/α,β-unsaturated/α-hetero) is 1. The molecule has 3 nitrogen and oxygen atoms in total. The average Bonchev–Trinajstić information content (AvgIpc) is 3.03. The second-order valence-corrected chi connectivity index (χ2v) is 6.08. The zero-order chi connectivity index (χ0) is 16.0. The summed E-state index contributed by atoms with van der Waals surface area (Å²) in [7, 11) is 0. The molecule has 23 heavy (non-hydrogen) atoms. The van der Waals surface area contributed by atoms with Crippen molar-refractivity contribution in [1.82, 2.24) is 0 Å². The van der Waals surface area contributed by atoms with Crippen LogP contribution in [-0.2, 0) is 15.0 Å². The van der Waals surface area contributed by atoms with Gasteiger partial charge in [-0.1, -0.05) is 55.5 Å². The van der Waals surface area contributed by atoms with Crippen LogP contribution in [0.1, 0.15) is 30.9 Å². The lowest BCUT2D eigenvalue weighted by Crippen LogP contribution is -2.34. The first kappa shape index (κ1) is 13.9. The summed E-state index contributed by atoms with van der Waals surface area (Å²) >= 11 is 0. The molecule has 1 atom stereocenters. The first-order valence-corrected chi connectivity index (χ1v) is 7.91. The molecule has 114 valence electrons. The van der Waals surface area contributed by atoms with Crippen LogP contribution in [0.25, 0.3) is 5.57 Å². The van der Waals surface area contributed by atoms with E-state index in [2.05, 4.69) is 5.32 Å². The highest BCUT2D eigenvalue weighted by molar-refractivity contribution is 6.24. The van der Waals surface area contributed by atoms with Crippen molar-refractivity contribution in [2.45, 2.75) is 25.2 Å². The number of allylic oxidation sites excluding steroid dienone is 1. The Labute approximate surface area is 135 Å². The van der Waals surface area contributed by atoms with Gasteiger partial charge in [-0.15, -0.1) is 0 Å². The molecule has 0 fully saturated rings. The number of carbonyl (C=O) groups is 2. The van der Waals surface area contributed by atoms with E-state index in [1.807, 2.05) is 61.5 Å². The van der Waals surface area contributed by atoms with E-state index in [1.165, 1.54) is 0 Å². The van der Waals surface area contributed by atoms with E-state index in [1.54, 1.807) is 0 Å². The predicted octanol–water partition coefficient (Wildman–Crippen LogP) is 3.71. The van der Waals surface area contributed by atoms with Gasteiger partial charge >= 0.3 is 0 Å². The van der Waals surface area contributed by atoms with Gasteiger partial charge in [0.25, 0.3) is 0 Å². The Hall–Kier alpha value is -2.68. The van der Waals surface area contributed by atoms with E-state index < -0.39 is 5.41 Å². The summed E-state index contributed by atoms with van der Waals surface area (Å²) < 4.78 is 0. The fourth-order valence-corrected chi connectivity index (χ4v) is 3.97. The molecule has 0 saturated heterocycles. The molecule has 1 heterocycles. The monoisotopic (exact) mass is 303 g/mol. The van der Waals surface area contributed by atoms with Gasteiger partial charge in [0.2, 0.25) is 5.91 Å². The summed E-state index contributed by atoms with van der Waals surface area (Å²) in [4.78, 5) is 25.6. The van der Waals surface area contributed by atoms with Gasteiger partial charge in [0.05, 0.1) is 0 Å². The smallest absolute Gasteiger partial charge is 0.240 e. The molecule has 3 heteroatoms. The number of hydrogen-bond donors (Lipinski definition) is 1. The van der Waals surface area contributed by atoms with Crippen LogP contribution < -0.4 is 5.32 Å². The number of hydrogen-bond acceptors (Lipinski definition) is 2. The summed E-state index contributed by atoms with van der Waals surface area (Å²) in [5, 5.41) is 2.97. The molecule has 0 bridgehead atoms. The fourth-order valence-electron chi connectivity index (χ4n) is 3.97. The van der Waals surface area contributed by atoms with Gasteiger partial charge in [0, 0.05) is 17.7 Å². The van der Waals surface area contributed by atoms with Gasteiger partial charge in [-0.2, -0.15) is 0 Å². The Morgan fingerprint density at radius 2 is 1.70 bits per heavy atom. The highest BCUT2D eigenvalue weighted by atomic mass is 16.2. The second-order valence-electron chi connectivity index (χ2n) is 6.08. The predicted molar refractivity (Wildman–Crippen MR) is 90.0 cm³/mol. The topological polar surface area (TPSA) is 46.2 Å². The van der Waals surface area contributed by atoms with E-state index in [0.29, 0.717) is 6.42 Å². The highest BCUT2D eigenvalue weighted by Crippen LogP contribution is 2.54. The zero-order valence-electron chi connectivity index (χ0n) is 12.9. The summed E-state index contributed by atoms with van der Waals surface area (Å²) in [6.07, 6.45) is 0.865. The molecule has 0 radical (unpaired) electrons. The van der Waals surface area contributed by atoms with Gasteiger partial charge in [-0.05, 0) is 29.2 Å². The minimum absolute atomic E-state index is 0.0817. The molecule has 0 saturated carbocycles. The molecule has 4 rings (SSSR count). The van der Waals surface area contributed by atoms with Crippen molar-refractivity contribution in [2.24, 2.45) is 0 Å². The average molecular weight is 303 g/mol. The Balaban J connectivity index is 2.04. The molecule has 2 aliphatic rings. The van der Waals surface area contributed by atoms with Crippen LogP contribution in [0.3, 0.4) is 0 Å². The SMILES string of the molecule is CCC1=C(c2ccccc2)C2(CC1=O)C(=O)Nc1ccccc12. The maximum absolute atomic E-state index is 12.9. The van der Waals surface area contributed by atoms with E-state index in [4.69, 9.17) is 0 Å². The molecule has 1 aliphatic carbocycles. The molecule has 2 aromatic carbocycles. The molecule has 1 N–H and O–H groups in total. The second kappa shape index (κ2) is 4.92. The van der Waals surface area contributed by atoms with Crippen molar-refractivity contribution >= 4 is 23.0 Å². The molecular weight excluding hydrogens is 286 g/mol. The van der Waals surface area contributed by atoms with Gasteiger partial charge in [-0.25, -0.2) is 0 Å². The number of para-hydroxylation sites is 1. The number of amides is 1. The number of benzene rings is 2. The highest BCUT2D eigenvalue weighted by Gasteiger charge is 2.55. The molecular formula is C20H17NO2. The van der Waals surface area contributed by atoms with Crippen LogP contribution in [0, 0.1) is 0 Å². The third kappa shape index (κ3) is 1.76. The summed E-state index contributed by atoms with van der Waals surface area (Å²) in [5.41, 5.74) is 3.48. The van der Waals surface area contributed by atoms with Crippen LogP contribution >= 0.6 is 0 Å². The van der Waals surface area contributed by atoms with Gasteiger partial charge < -0.3 is 5.32 Å². The van der Waals surface area contributed by atoms with Gasteiger partial charge in [0.15, 0.2) is 5.78 Å². The number of anilines is 1. The normalized spacial score (nSPS) is 22.7. The maximum atomic E-state index is 12.9. The molecule has 1 aliphatic heterocycles. The lowest BCUT2D eigenvalue weighted by molar-refractivity contribution is -0.122. The first-order chi connectivity index (χ1) is 11.2.